The Hall–Kier alpha value is -1.86. The first kappa shape index (κ1) is 14.5. The summed E-state index contributed by atoms with van der Waals surface area (Å²) in [6.07, 6.45) is 0.0220. The van der Waals surface area contributed by atoms with Gasteiger partial charge in [-0.2, -0.15) is 4.98 Å². The van der Waals surface area contributed by atoms with Crippen LogP contribution in [0.4, 0.5) is 0 Å². The number of aromatic nitrogens is 3. The molecule has 0 bridgehead atoms. The summed E-state index contributed by atoms with van der Waals surface area (Å²) in [6, 6.07) is 7.37. The van der Waals surface area contributed by atoms with Crippen LogP contribution in [0.3, 0.4) is 0 Å². The molecular weight excluding hydrogens is 278 g/mol. The number of benzene rings is 1. The number of aliphatic hydroxyl groups excluding tert-OH is 1. The van der Waals surface area contributed by atoms with E-state index >= 15 is 0 Å². The molecule has 1 aromatic carbocycles. The third-order valence-electron chi connectivity index (χ3n) is 2.81. The predicted octanol–water partition coefficient (Wildman–Crippen LogP) is 1.06. The van der Waals surface area contributed by atoms with E-state index in [2.05, 4.69) is 10.1 Å². The minimum Gasteiger partial charge on any atom is -0.388 e. The Labute approximate surface area is 119 Å². The van der Waals surface area contributed by atoms with Gasteiger partial charge in [0.25, 0.3) is 0 Å². The molecular formula is C13H15N3O3S. The number of nitrogens with zero attached hydrogens (tertiary/aromatic N) is 2. The van der Waals surface area contributed by atoms with Crippen LogP contribution in [0.5, 0.6) is 0 Å². The average molecular weight is 293 g/mol. The van der Waals surface area contributed by atoms with Gasteiger partial charge in [-0.05, 0) is 29.8 Å². The van der Waals surface area contributed by atoms with E-state index in [4.69, 9.17) is 0 Å². The molecule has 2 rings (SSSR count). The summed E-state index contributed by atoms with van der Waals surface area (Å²) in [6.45, 7) is 1.89. The maximum Gasteiger partial charge on any atom is 0.339 e. The number of nitrogens with one attached hydrogen (secondary N) is 1. The quantitative estimate of drug-likeness (QED) is 0.823. The first-order valence-electron chi connectivity index (χ1n) is 6.15. The van der Waals surface area contributed by atoms with Crippen molar-refractivity contribution in [3.05, 3.63) is 50.5 Å². The number of hydrogen-bond donors (Lipinski definition) is 2. The fraction of sp³-hybridized carbons (Fsp3) is 0.308. The molecule has 0 fully saturated rings. The highest BCUT2D eigenvalue weighted by atomic mass is 32.2. The highest BCUT2D eigenvalue weighted by Crippen LogP contribution is 2.32. The molecule has 0 radical (unpaired) electrons. The van der Waals surface area contributed by atoms with Crippen LogP contribution in [0, 0.1) is 0 Å². The lowest BCUT2D eigenvalue weighted by molar-refractivity contribution is 0.171. The molecule has 0 saturated heterocycles. The number of aryl methyl sites for hydroxylation is 1. The SMILES string of the molecule is CC[C@@H](O)c1ccccc1Sc1nc(=O)c(=O)[nH]n1C. The normalized spacial score (nSPS) is 12.3. The van der Waals surface area contributed by atoms with Crippen molar-refractivity contribution in [2.45, 2.75) is 29.5 Å². The van der Waals surface area contributed by atoms with E-state index in [0.717, 1.165) is 10.5 Å². The molecule has 1 aromatic heterocycles. The Morgan fingerprint density at radius 3 is 2.80 bits per heavy atom. The largest absolute Gasteiger partial charge is 0.388 e. The lowest BCUT2D eigenvalue weighted by Gasteiger charge is -2.13. The predicted molar refractivity (Wildman–Crippen MR) is 75.9 cm³/mol. The van der Waals surface area contributed by atoms with Crippen LogP contribution in [0.2, 0.25) is 0 Å². The van der Waals surface area contributed by atoms with E-state index in [1.807, 2.05) is 31.2 Å². The Morgan fingerprint density at radius 1 is 1.40 bits per heavy atom. The molecule has 0 spiro atoms. The lowest BCUT2D eigenvalue weighted by atomic mass is 10.1. The van der Waals surface area contributed by atoms with Crippen molar-refractivity contribution in [3.63, 3.8) is 0 Å². The number of H-pyrrole nitrogens is 1. The summed E-state index contributed by atoms with van der Waals surface area (Å²) >= 11 is 1.23. The van der Waals surface area contributed by atoms with Gasteiger partial charge in [0.2, 0.25) is 0 Å². The van der Waals surface area contributed by atoms with E-state index < -0.39 is 17.2 Å². The maximum atomic E-state index is 11.3. The van der Waals surface area contributed by atoms with Gasteiger partial charge in [-0.25, -0.2) is 0 Å². The minimum absolute atomic E-state index is 0.366. The molecule has 106 valence electrons. The van der Waals surface area contributed by atoms with Crippen LogP contribution in [-0.2, 0) is 7.05 Å². The van der Waals surface area contributed by atoms with E-state index in [0.29, 0.717) is 11.6 Å². The van der Waals surface area contributed by atoms with Crippen LogP contribution in [-0.4, -0.2) is 19.9 Å². The van der Waals surface area contributed by atoms with Crippen LogP contribution in [0.15, 0.2) is 43.9 Å². The average Bonchev–Trinajstić information content (AvgIpc) is 2.44. The smallest absolute Gasteiger partial charge is 0.339 e. The third kappa shape index (κ3) is 3.00. The molecule has 0 aliphatic heterocycles. The molecule has 2 aromatic rings. The molecule has 20 heavy (non-hydrogen) atoms. The van der Waals surface area contributed by atoms with Crippen molar-refractivity contribution in [3.8, 4) is 0 Å². The highest BCUT2D eigenvalue weighted by molar-refractivity contribution is 7.99. The molecule has 0 unspecified atom stereocenters. The van der Waals surface area contributed by atoms with Crippen molar-refractivity contribution in [1.29, 1.82) is 0 Å². The molecule has 0 saturated carbocycles. The summed E-state index contributed by atoms with van der Waals surface area (Å²) in [7, 11) is 1.61. The highest BCUT2D eigenvalue weighted by Gasteiger charge is 2.13. The van der Waals surface area contributed by atoms with Crippen LogP contribution >= 0.6 is 11.8 Å². The zero-order valence-electron chi connectivity index (χ0n) is 11.2. The monoisotopic (exact) mass is 293 g/mol. The fourth-order valence-electron chi connectivity index (χ4n) is 1.72. The van der Waals surface area contributed by atoms with Gasteiger partial charge in [-0.15, -0.1) is 0 Å². The van der Waals surface area contributed by atoms with Crippen molar-refractivity contribution >= 4 is 11.8 Å². The Morgan fingerprint density at radius 2 is 2.10 bits per heavy atom. The standard InChI is InChI=1S/C13H15N3O3S/c1-3-9(17)8-6-4-5-7-10(8)20-13-14-11(18)12(19)15-16(13)2/h4-7,9,17H,3H2,1-2H3,(H,15,19)/t9-/m1/s1. The van der Waals surface area contributed by atoms with E-state index in [1.54, 1.807) is 7.05 Å². The van der Waals surface area contributed by atoms with Crippen molar-refractivity contribution < 1.29 is 5.11 Å². The lowest BCUT2D eigenvalue weighted by Crippen LogP contribution is -2.33. The van der Waals surface area contributed by atoms with E-state index in [-0.39, 0.29) is 0 Å². The summed E-state index contributed by atoms with van der Waals surface area (Å²) < 4.78 is 1.39. The summed E-state index contributed by atoms with van der Waals surface area (Å²) in [4.78, 5) is 27.0. The fourth-order valence-corrected chi connectivity index (χ4v) is 2.70. The minimum atomic E-state index is -0.820. The van der Waals surface area contributed by atoms with Gasteiger partial charge >= 0.3 is 11.1 Å². The van der Waals surface area contributed by atoms with Gasteiger partial charge in [-0.1, -0.05) is 25.1 Å². The second kappa shape index (κ2) is 6.06. The Bertz CT molecular complexity index is 723. The van der Waals surface area contributed by atoms with Gasteiger partial charge in [0.15, 0.2) is 5.16 Å². The van der Waals surface area contributed by atoms with Gasteiger partial charge in [0, 0.05) is 11.9 Å². The van der Waals surface area contributed by atoms with Crippen LogP contribution in [0.25, 0.3) is 0 Å². The molecule has 6 nitrogen and oxygen atoms in total. The molecule has 0 aliphatic carbocycles. The first-order valence-corrected chi connectivity index (χ1v) is 6.96. The van der Waals surface area contributed by atoms with E-state index in [9.17, 15) is 14.7 Å². The molecule has 1 atom stereocenters. The maximum absolute atomic E-state index is 11.3. The second-order valence-corrected chi connectivity index (χ2v) is 5.27. The number of hydrogen-bond acceptors (Lipinski definition) is 5. The van der Waals surface area contributed by atoms with Gasteiger partial charge < -0.3 is 5.11 Å². The van der Waals surface area contributed by atoms with Crippen molar-refractivity contribution in [2.75, 3.05) is 0 Å². The summed E-state index contributed by atoms with van der Waals surface area (Å²) in [5, 5.41) is 12.8. The van der Waals surface area contributed by atoms with E-state index in [1.165, 1.54) is 16.4 Å². The van der Waals surface area contributed by atoms with Crippen molar-refractivity contribution in [2.24, 2.45) is 7.05 Å². The topological polar surface area (TPSA) is 88.0 Å². The second-order valence-electron chi connectivity index (χ2n) is 4.26. The third-order valence-corrected chi connectivity index (χ3v) is 3.95. The zero-order chi connectivity index (χ0) is 14.7. The summed E-state index contributed by atoms with van der Waals surface area (Å²) in [5.41, 5.74) is -0.793. The zero-order valence-corrected chi connectivity index (χ0v) is 12.0. The molecule has 1 heterocycles. The van der Waals surface area contributed by atoms with Gasteiger partial charge in [0.05, 0.1) is 6.10 Å². The first-order chi connectivity index (χ1) is 9.52. The summed E-state index contributed by atoms with van der Waals surface area (Å²) in [5.74, 6) is 0. The van der Waals surface area contributed by atoms with Crippen molar-refractivity contribution in [1.82, 2.24) is 14.8 Å². The van der Waals surface area contributed by atoms with Crippen LogP contribution in [0.1, 0.15) is 25.0 Å². The number of aliphatic hydroxyl groups is 1. The van der Waals surface area contributed by atoms with Gasteiger partial charge in [0.1, 0.15) is 0 Å². The van der Waals surface area contributed by atoms with Gasteiger partial charge in [-0.3, -0.25) is 19.4 Å². The molecule has 2 N–H and O–H groups in total. The Balaban J connectivity index is 2.43. The number of rotatable bonds is 4. The molecule has 7 heteroatoms. The Kier molecular flexibility index (Phi) is 4.41. The molecule has 0 aliphatic rings. The molecule has 0 amide bonds. The number of aromatic amines is 1. The van der Waals surface area contributed by atoms with Crippen LogP contribution < -0.4 is 11.1 Å².